The first-order valence-corrected chi connectivity index (χ1v) is 12.9. The summed E-state index contributed by atoms with van der Waals surface area (Å²) in [5.74, 6) is 0.650. The first-order chi connectivity index (χ1) is 17.7. The highest BCUT2D eigenvalue weighted by atomic mass is 16.2. The van der Waals surface area contributed by atoms with Crippen molar-refractivity contribution in [3.8, 4) is 0 Å². The van der Waals surface area contributed by atoms with Crippen molar-refractivity contribution in [2.45, 2.75) is 57.3 Å². The summed E-state index contributed by atoms with van der Waals surface area (Å²) in [4.78, 5) is 40.6. The summed E-state index contributed by atoms with van der Waals surface area (Å²) in [5, 5.41) is 6.46. The number of anilines is 2. The number of pyridine rings is 1. The molecule has 3 aromatic rings. The molecule has 0 radical (unpaired) electrons. The summed E-state index contributed by atoms with van der Waals surface area (Å²) >= 11 is 0. The molecule has 5 rings (SSSR count). The number of nitrogens with one attached hydrogen (secondary N) is 3. The van der Waals surface area contributed by atoms with Crippen LogP contribution in [0.15, 0.2) is 60.0 Å². The van der Waals surface area contributed by atoms with Crippen molar-refractivity contribution < 1.29 is 9.59 Å². The van der Waals surface area contributed by atoms with Crippen LogP contribution in [0.5, 0.6) is 0 Å². The fraction of sp³-hybridized carbons (Fsp3) is 0.393. The Morgan fingerprint density at radius 3 is 2.64 bits per heavy atom. The van der Waals surface area contributed by atoms with E-state index in [4.69, 9.17) is 0 Å². The summed E-state index contributed by atoms with van der Waals surface area (Å²) in [5.41, 5.74) is 3.99. The normalized spacial score (nSPS) is 16.5. The minimum absolute atomic E-state index is 0.147. The lowest BCUT2D eigenvalue weighted by Crippen LogP contribution is -2.27. The summed E-state index contributed by atoms with van der Waals surface area (Å²) in [6.45, 7) is 0.686. The van der Waals surface area contributed by atoms with Crippen LogP contribution in [0.2, 0.25) is 0 Å². The summed E-state index contributed by atoms with van der Waals surface area (Å²) in [7, 11) is 0. The number of aromatic amines is 1. The van der Waals surface area contributed by atoms with Crippen molar-refractivity contribution in [2.24, 2.45) is 10.9 Å². The smallest absolute Gasteiger partial charge is 0.280 e. The van der Waals surface area contributed by atoms with Crippen LogP contribution in [0.1, 0.15) is 83.7 Å². The molecule has 2 aromatic heterocycles. The standard InChI is InChI=1S/C28H32N6O2/c35-26(34-28-31-13-4-14-32-28)21-9-10-24(23(17-21)20-7-8-20)33-22-12-16-29-25(18-22)27(36)30-15-11-19-5-2-1-3-6-19/h4,9-10,12-14,16-20H,1-3,5-8,11,15H2,(H,29,33)(H,30,36)(H,31,32,34,35). The largest absolute Gasteiger partial charge is 0.355 e. The molecule has 3 N–H and O–H groups in total. The number of nitrogens with zero attached hydrogens (tertiary/aromatic N) is 3. The van der Waals surface area contributed by atoms with Crippen LogP contribution in [0.4, 0.5) is 11.4 Å². The zero-order chi connectivity index (χ0) is 24.7. The van der Waals surface area contributed by atoms with Gasteiger partial charge in [-0.2, -0.15) is 4.99 Å². The second-order valence-corrected chi connectivity index (χ2v) is 9.70. The number of hydrogen-bond donors (Lipinski definition) is 3. The first-order valence-electron chi connectivity index (χ1n) is 12.9. The Morgan fingerprint density at radius 2 is 1.86 bits per heavy atom. The van der Waals surface area contributed by atoms with Gasteiger partial charge in [0.15, 0.2) is 0 Å². The molecule has 2 aliphatic carbocycles. The van der Waals surface area contributed by atoms with Gasteiger partial charge in [-0.1, -0.05) is 32.1 Å². The number of H-pyrrole nitrogens is 1. The maximum Gasteiger partial charge on any atom is 0.280 e. The van der Waals surface area contributed by atoms with Gasteiger partial charge < -0.3 is 15.6 Å². The Kier molecular flexibility index (Phi) is 7.50. The third kappa shape index (κ3) is 6.24. The molecule has 2 saturated carbocycles. The van der Waals surface area contributed by atoms with E-state index in [1.54, 1.807) is 36.8 Å². The molecule has 0 aliphatic heterocycles. The summed E-state index contributed by atoms with van der Waals surface area (Å²) < 4.78 is 0. The molecule has 0 spiro atoms. The summed E-state index contributed by atoms with van der Waals surface area (Å²) in [6.07, 6.45) is 14.6. The third-order valence-corrected chi connectivity index (χ3v) is 6.95. The number of aromatic nitrogens is 3. The SMILES string of the molecule is O=C(N=c1nccc[nH]1)c1ccc(Nc2ccnc(C(=O)NCCC3CCCCC3)c2)c(C2CC2)c1. The molecule has 1 aromatic carbocycles. The lowest BCUT2D eigenvalue weighted by molar-refractivity contribution is 0.0944. The fourth-order valence-corrected chi connectivity index (χ4v) is 4.82. The van der Waals surface area contributed by atoms with Gasteiger partial charge >= 0.3 is 0 Å². The van der Waals surface area contributed by atoms with Crippen molar-refractivity contribution >= 4 is 23.2 Å². The molecule has 36 heavy (non-hydrogen) atoms. The van der Waals surface area contributed by atoms with Crippen LogP contribution in [-0.4, -0.2) is 33.3 Å². The quantitative estimate of drug-likeness (QED) is 0.422. The Labute approximate surface area is 210 Å². The Bertz CT molecular complexity index is 1270. The van der Waals surface area contributed by atoms with E-state index in [0.717, 1.165) is 42.1 Å². The second kappa shape index (κ2) is 11.3. The maximum absolute atomic E-state index is 12.7. The van der Waals surface area contributed by atoms with Crippen LogP contribution < -0.4 is 16.3 Å². The van der Waals surface area contributed by atoms with Gasteiger partial charge in [0, 0.05) is 42.1 Å². The maximum atomic E-state index is 12.7. The van der Waals surface area contributed by atoms with E-state index in [-0.39, 0.29) is 17.4 Å². The van der Waals surface area contributed by atoms with Gasteiger partial charge in [-0.05, 0) is 73.1 Å². The molecule has 0 atom stereocenters. The number of carbonyl (C=O) groups excluding carboxylic acids is 2. The van der Waals surface area contributed by atoms with Crippen LogP contribution in [0.3, 0.4) is 0 Å². The predicted octanol–water partition coefficient (Wildman–Crippen LogP) is 4.87. The van der Waals surface area contributed by atoms with Crippen molar-refractivity contribution in [2.75, 3.05) is 11.9 Å². The number of hydrogen-bond acceptors (Lipinski definition) is 5. The van der Waals surface area contributed by atoms with Crippen LogP contribution >= 0.6 is 0 Å². The molecule has 0 bridgehead atoms. The Balaban J connectivity index is 1.26. The van der Waals surface area contributed by atoms with Crippen molar-refractivity contribution in [1.82, 2.24) is 20.3 Å². The number of benzene rings is 1. The molecule has 0 saturated heterocycles. The van der Waals surface area contributed by atoms with E-state index in [0.29, 0.717) is 23.7 Å². The average molecular weight is 485 g/mol. The zero-order valence-corrected chi connectivity index (χ0v) is 20.4. The van der Waals surface area contributed by atoms with E-state index in [2.05, 4.69) is 30.6 Å². The number of amides is 2. The monoisotopic (exact) mass is 484 g/mol. The van der Waals surface area contributed by atoms with E-state index in [9.17, 15) is 9.59 Å². The number of carbonyl (C=O) groups is 2. The zero-order valence-electron chi connectivity index (χ0n) is 20.4. The highest BCUT2D eigenvalue weighted by molar-refractivity contribution is 5.96. The van der Waals surface area contributed by atoms with Gasteiger partial charge in [-0.3, -0.25) is 14.6 Å². The van der Waals surface area contributed by atoms with Crippen LogP contribution in [0.25, 0.3) is 0 Å². The lowest BCUT2D eigenvalue weighted by Gasteiger charge is -2.21. The highest BCUT2D eigenvalue weighted by Gasteiger charge is 2.27. The minimum atomic E-state index is -0.338. The van der Waals surface area contributed by atoms with Crippen molar-refractivity contribution in [3.63, 3.8) is 0 Å². The van der Waals surface area contributed by atoms with Gasteiger partial charge in [-0.15, -0.1) is 0 Å². The van der Waals surface area contributed by atoms with Gasteiger partial charge in [0.2, 0.25) is 5.62 Å². The third-order valence-electron chi connectivity index (χ3n) is 6.95. The van der Waals surface area contributed by atoms with Crippen LogP contribution in [0, 0.1) is 5.92 Å². The molecule has 8 nitrogen and oxygen atoms in total. The second-order valence-electron chi connectivity index (χ2n) is 9.70. The van der Waals surface area contributed by atoms with Gasteiger partial charge in [0.1, 0.15) is 5.69 Å². The topological polar surface area (TPSA) is 112 Å². The molecular formula is C28H32N6O2. The molecule has 8 heteroatoms. The van der Waals surface area contributed by atoms with E-state index < -0.39 is 0 Å². The van der Waals surface area contributed by atoms with Gasteiger partial charge in [-0.25, -0.2) is 4.98 Å². The number of rotatable bonds is 8. The summed E-state index contributed by atoms with van der Waals surface area (Å²) in [6, 6.07) is 10.9. The minimum Gasteiger partial charge on any atom is -0.355 e. The highest BCUT2D eigenvalue weighted by Crippen LogP contribution is 2.44. The Hall–Kier alpha value is -3.81. The first kappa shape index (κ1) is 23.9. The molecule has 0 unspecified atom stereocenters. The van der Waals surface area contributed by atoms with E-state index in [1.807, 2.05) is 18.2 Å². The van der Waals surface area contributed by atoms with Gasteiger partial charge in [0.25, 0.3) is 11.8 Å². The van der Waals surface area contributed by atoms with E-state index in [1.165, 1.54) is 32.1 Å². The van der Waals surface area contributed by atoms with Crippen molar-refractivity contribution in [3.05, 3.63) is 77.4 Å². The fourth-order valence-electron chi connectivity index (χ4n) is 4.82. The van der Waals surface area contributed by atoms with Gasteiger partial charge in [0.05, 0.1) is 0 Å². The molecule has 2 amide bonds. The van der Waals surface area contributed by atoms with Crippen molar-refractivity contribution in [1.29, 1.82) is 0 Å². The van der Waals surface area contributed by atoms with Crippen LogP contribution in [-0.2, 0) is 0 Å². The molecule has 2 aliphatic rings. The lowest BCUT2D eigenvalue weighted by atomic mass is 9.87. The molecule has 2 fully saturated rings. The molecule has 186 valence electrons. The molecule has 2 heterocycles. The average Bonchev–Trinajstić information content (AvgIpc) is 3.76. The molecular weight excluding hydrogens is 452 g/mol. The van der Waals surface area contributed by atoms with E-state index >= 15 is 0 Å². The predicted molar refractivity (Wildman–Crippen MR) is 138 cm³/mol. The Morgan fingerprint density at radius 1 is 1.00 bits per heavy atom.